The van der Waals surface area contributed by atoms with Crippen LogP contribution in [-0.4, -0.2) is 55.8 Å². The van der Waals surface area contributed by atoms with Crippen molar-refractivity contribution in [2.75, 3.05) is 39.9 Å². The standard InChI is InChI=1S/C17H26N2O3/c1-13-5-6-15(16(10-13)22-2)17(21)18-7-9-19-8-3-4-14(11-19)12-20/h5-6,10,14,20H,3-4,7-9,11-12H2,1-2H3,(H,18,21)/t14-/m0/s1. The lowest BCUT2D eigenvalue weighted by Gasteiger charge is -2.31. The van der Waals surface area contributed by atoms with E-state index in [4.69, 9.17) is 4.74 Å². The molecule has 1 fully saturated rings. The molecule has 1 aliphatic rings. The molecule has 1 saturated heterocycles. The van der Waals surface area contributed by atoms with E-state index in [0.29, 0.717) is 23.8 Å². The molecule has 1 amide bonds. The Hall–Kier alpha value is -1.59. The van der Waals surface area contributed by atoms with Crippen molar-refractivity contribution in [3.8, 4) is 5.75 Å². The summed E-state index contributed by atoms with van der Waals surface area (Å²) in [6, 6.07) is 5.57. The molecule has 22 heavy (non-hydrogen) atoms. The van der Waals surface area contributed by atoms with Crippen LogP contribution in [0.5, 0.6) is 5.75 Å². The monoisotopic (exact) mass is 306 g/mol. The number of methoxy groups -OCH3 is 1. The third-order valence-corrected chi connectivity index (χ3v) is 4.18. The molecule has 1 atom stereocenters. The highest BCUT2D eigenvalue weighted by Crippen LogP contribution is 2.19. The fourth-order valence-corrected chi connectivity index (χ4v) is 2.91. The highest BCUT2D eigenvalue weighted by Gasteiger charge is 2.19. The second-order valence-corrected chi connectivity index (χ2v) is 5.95. The van der Waals surface area contributed by atoms with Crippen molar-refractivity contribution < 1.29 is 14.6 Å². The Morgan fingerprint density at radius 1 is 1.50 bits per heavy atom. The zero-order chi connectivity index (χ0) is 15.9. The number of benzene rings is 1. The summed E-state index contributed by atoms with van der Waals surface area (Å²) in [5, 5.41) is 12.2. The Balaban J connectivity index is 1.83. The first-order valence-corrected chi connectivity index (χ1v) is 7.90. The first-order valence-electron chi connectivity index (χ1n) is 7.90. The van der Waals surface area contributed by atoms with E-state index in [9.17, 15) is 9.90 Å². The maximum atomic E-state index is 12.2. The van der Waals surface area contributed by atoms with E-state index in [1.807, 2.05) is 19.1 Å². The van der Waals surface area contributed by atoms with Gasteiger partial charge in [0, 0.05) is 26.2 Å². The van der Waals surface area contributed by atoms with Crippen molar-refractivity contribution in [2.24, 2.45) is 5.92 Å². The minimum atomic E-state index is -0.104. The second kappa shape index (κ2) is 8.15. The number of amides is 1. The molecule has 5 heteroatoms. The molecule has 1 aromatic rings. The molecule has 0 unspecified atom stereocenters. The van der Waals surface area contributed by atoms with Gasteiger partial charge in [-0.1, -0.05) is 6.07 Å². The maximum absolute atomic E-state index is 12.2. The van der Waals surface area contributed by atoms with Gasteiger partial charge in [0.15, 0.2) is 0 Å². The van der Waals surface area contributed by atoms with Crippen LogP contribution in [0.1, 0.15) is 28.8 Å². The molecule has 1 aromatic carbocycles. The highest BCUT2D eigenvalue weighted by molar-refractivity contribution is 5.97. The lowest BCUT2D eigenvalue weighted by molar-refractivity contribution is 0.0928. The molecule has 0 aliphatic carbocycles. The van der Waals surface area contributed by atoms with Gasteiger partial charge in [-0.2, -0.15) is 0 Å². The maximum Gasteiger partial charge on any atom is 0.255 e. The van der Waals surface area contributed by atoms with Crippen LogP contribution in [0.15, 0.2) is 18.2 Å². The number of nitrogens with one attached hydrogen (secondary N) is 1. The van der Waals surface area contributed by atoms with E-state index < -0.39 is 0 Å². The fraction of sp³-hybridized carbons (Fsp3) is 0.588. The number of carbonyl (C=O) groups excluding carboxylic acids is 1. The molecular formula is C17H26N2O3. The summed E-state index contributed by atoms with van der Waals surface area (Å²) in [6.07, 6.45) is 2.21. The van der Waals surface area contributed by atoms with Crippen molar-refractivity contribution in [3.63, 3.8) is 0 Å². The number of likely N-dealkylation sites (tertiary alicyclic amines) is 1. The van der Waals surface area contributed by atoms with Gasteiger partial charge in [-0.25, -0.2) is 0 Å². The van der Waals surface area contributed by atoms with Gasteiger partial charge in [0.1, 0.15) is 5.75 Å². The van der Waals surface area contributed by atoms with Crippen molar-refractivity contribution in [2.45, 2.75) is 19.8 Å². The van der Waals surface area contributed by atoms with Gasteiger partial charge in [-0.05, 0) is 49.9 Å². The molecule has 2 N–H and O–H groups in total. The summed E-state index contributed by atoms with van der Waals surface area (Å²) in [4.78, 5) is 14.6. The van der Waals surface area contributed by atoms with Crippen molar-refractivity contribution in [1.82, 2.24) is 10.2 Å². The summed E-state index contributed by atoms with van der Waals surface area (Å²) < 4.78 is 5.27. The average Bonchev–Trinajstić information content (AvgIpc) is 2.54. The Morgan fingerprint density at radius 3 is 3.05 bits per heavy atom. The number of piperidine rings is 1. The first kappa shape index (κ1) is 16.8. The van der Waals surface area contributed by atoms with Gasteiger partial charge in [0.2, 0.25) is 0 Å². The van der Waals surface area contributed by atoms with E-state index in [-0.39, 0.29) is 12.5 Å². The highest BCUT2D eigenvalue weighted by atomic mass is 16.5. The molecule has 2 rings (SSSR count). The predicted octanol–water partition coefficient (Wildman–Crippen LogP) is 1.44. The molecule has 0 spiro atoms. The number of carbonyl (C=O) groups is 1. The third kappa shape index (κ3) is 4.45. The van der Waals surface area contributed by atoms with E-state index >= 15 is 0 Å². The fourth-order valence-electron chi connectivity index (χ4n) is 2.91. The van der Waals surface area contributed by atoms with Crippen molar-refractivity contribution >= 4 is 5.91 Å². The zero-order valence-electron chi connectivity index (χ0n) is 13.5. The normalized spacial score (nSPS) is 19.0. The lowest BCUT2D eigenvalue weighted by Crippen LogP contribution is -2.41. The average molecular weight is 306 g/mol. The number of ether oxygens (including phenoxy) is 1. The number of rotatable bonds is 6. The Bertz CT molecular complexity index is 505. The van der Waals surface area contributed by atoms with Gasteiger partial charge < -0.3 is 20.1 Å². The van der Waals surface area contributed by atoms with E-state index in [1.165, 1.54) is 0 Å². The number of hydrogen-bond donors (Lipinski definition) is 2. The Morgan fingerprint density at radius 2 is 2.32 bits per heavy atom. The molecule has 1 heterocycles. The van der Waals surface area contributed by atoms with E-state index in [0.717, 1.165) is 38.0 Å². The van der Waals surface area contributed by atoms with Crippen LogP contribution >= 0.6 is 0 Å². The quantitative estimate of drug-likeness (QED) is 0.835. The predicted molar refractivity (Wildman–Crippen MR) is 86.3 cm³/mol. The molecule has 5 nitrogen and oxygen atoms in total. The van der Waals surface area contributed by atoms with Crippen LogP contribution in [-0.2, 0) is 0 Å². The second-order valence-electron chi connectivity index (χ2n) is 5.95. The van der Waals surface area contributed by atoms with Crippen LogP contribution in [0.25, 0.3) is 0 Å². The molecule has 122 valence electrons. The van der Waals surface area contributed by atoms with Crippen LogP contribution in [0.2, 0.25) is 0 Å². The lowest BCUT2D eigenvalue weighted by atomic mass is 9.99. The summed E-state index contributed by atoms with van der Waals surface area (Å²) in [7, 11) is 1.58. The SMILES string of the molecule is COc1cc(C)ccc1C(=O)NCCN1CCC[C@H](CO)C1. The number of aryl methyl sites for hydroxylation is 1. The Kier molecular flexibility index (Phi) is 6.21. The molecular weight excluding hydrogens is 280 g/mol. The van der Waals surface area contributed by atoms with Gasteiger partial charge in [0.25, 0.3) is 5.91 Å². The summed E-state index contributed by atoms with van der Waals surface area (Å²) in [6.45, 7) is 5.60. The minimum Gasteiger partial charge on any atom is -0.496 e. The largest absolute Gasteiger partial charge is 0.496 e. The van der Waals surface area contributed by atoms with Gasteiger partial charge >= 0.3 is 0 Å². The summed E-state index contributed by atoms with van der Waals surface area (Å²) >= 11 is 0. The number of nitrogens with zero attached hydrogens (tertiary/aromatic N) is 1. The van der Waals surface area contributed by atoms with Gasteiger partial charge in [-0.15, -0.1) is 0 Å². The third-order valence-electron chi connectivity index (χ3n) is 4.18. The van der Waals surface area contributed by atoms with Gasteiger partial charge in [-0.3, -0.25) is 4.79 Å². The number of hydrogen-bond acceptors (Lipinski definition) is 4. The molecule has 0 bridgehead atoms. The molecule has 0 radical (unpaired) electrons. The van der Waals surface area contributed by atoms with Gasteiger partial charge in [0.05, 0.1) is 12.7 Å². The van der Waals surface area contributed by atoms with Crippen molar-refractivity contribution in [1.29, 1.82) is 0 Å². The van der Waals surface area contributed by atoms with Crippen LogP contribution in [0.3, 0.4) is 0 Å². The van der Waals surface area contributed by atoms with Crippen molar-refractivity contribution in [3.05, 3.63) is 29.3 Å². The first-order chi connectivity index (χ1) is 10.6. The van der Waals surface area contributed by atoms with E-state index in [1.54, 1.807) is 13.2 Å². The summed E-state index contributed by atoms with van der Waals surface area (Å²) in [5.74, 6) is 0.880. The topological polar surface area (TPSA) is 61.8 Å². The number of aliphatic hydroxyl groups excluding tert-OH is 1. The molecule has 0 saturated carbocycles. The minimum absolute atomic E-state index is 0.104. The van der Waals surface area contributed by atoms with Crippen LogP contribution in [0.4, 0.5) is 0 Å². The Labute approximate surface area is 132 Å². The number of aliphatic hydroxyl groups is 1. The molecule has 0 aromatic heterocycles. The zero-order valence-corrected chi connectivity index (χ0v) is 13.5. The summed E-state index contributed by atoms with van der Waals surface area (Å²) in [5.41, 5.74) is 1.64. The van der Waals surface area contributed by atoms with Crippen LogP contribution in [0, 0.1) is 12.8 Å². The van der Waals surface area contributed by atoms with E-state index in [2.05, 4.69) is 10.2 Å². The van der Waals surface area contributed by atoms with Crippen LogP contribution < -0.4 is 10.1 Å². The molecule has 1 aliphatic heterocycles. The smallest absolute Gasteiger partial charge is 0.255 e.